The van der Waals surface area contributed by atoms with E-state index in [1.165, 1.54) is 7.11 Å². The van der Waals surface area contributed by atoms with Gasteiger partial charge in [-0.25, -0.2) is 18.6 Å². The summed E-state index contributed by atoms with van der Waals surface area (Å²) >= 11 is 0. The maximum atomic E-state index is 12.5. The van der Waals surface area contributed by atoms with Gasteiger partial charge in [-0.3, -0.25) is 0 Å². The minimum atomic E-state index is -2.89. The van der Waals surface area contributed by atoms with Gasteiger partial charge in [0.15, 0.2) is 11.4 Å². The van der Waals surface area contributed by atoms with Crippen LogP contribution in [-0.2, 0) is 4.74 Å². The highest BCUT2D eigenvalue weighted by Crippen LogP contribution is 2.27. The zero-order chi connectivity index (χ0) is 13.0. The number of hydrogen-bond donors (Lipinski definition) is 0. The molecule has 0 fully saturated rings. The lowest BCUT2D eigenvalue weighted by molar-refractivity contribution is 0.0588. The molecule has 0 amide bonds. The van der Waals surface area contributed by atoms with Crippen molar-refractivity contribution >= 4 is 5.97 Å². The van der Waals surface area contributed by atoms with Crippen LogP contribution in [0.2, 0.25) is 0 Å². The van der Waals surface area contributed by atoms with E-state index in [4.69, 9.17) is 10.00 Å². The molecule has 1 aromatic heterocycles. The Kier molecular flexibility index (Phi) is 3.93. The second kappa shape index (κ2) is 5.21. The topological polar surface area (TPSA) is 72.2 Å². The van der Waals surface area contributed by atoms with Crippen molar-refractivity contribution < 1.29 is 23.0 Å². The van der Waals surface area contributed by atoms with E-state index in [0.29, 0.717) is 0 Å². The Bertz CT molecular complexity index is 483. The molecule has 1 heterocycles. The Balaban J connectivity index is 3.49. The van der Waals surface area contributed by atoms with E-state index in [0.717, 1.165) is 13.2 Å². The predicted octanol–water partition coefficient (Wildman–Crippen LogP) is 1.69. The summed E-state index contributed by atoms with van der Waals surface area (Å²) in [7, 11) is 2.27. The SMILES string of the molecule is COC(=O)c1nc(C(F)F)cc(C#N)c1OC. The van der Waals surface area contributed by atoms with Crippen LogP contribution in [0, 0.1) is 11.3 Å². The number of carbonyl (C=O) groups is 1. The van der Waals surface area contributed by atoms with Crippen LogP contribution in [-0.4, -0.2) is 25.2 Å². The van der Waals surface area contributed by atoms with Crippen LogP contribution >= 0.6 is 0 Å². The molecule has 5 nitrogen and oxygen atoms in total. The Morgan fingerprint density at radius 1 is 1.53 bits per heavy atom. The van der Waals surface area contributed by atoms with Gasteiger partial charge >= 0.3 is 5.97 Å². The molecule has 1 rings (SSSR count). The number of rotatable bonds is 3. The first-order valence-corrected chi connectivity index (χ1v) is 4.40. The Morgan fingerprint density at radius 3 is 2.59 bits per heavy atom. The minimum Gasteiger partial charge on any atom is -0.493 e. The lowest BCUT2D eigenvalue weighted by Crippen LogP contribution is -2.10. The van der Waals surface area contributed by atoms with Crippen molar-refractivity contribution in [2.75, 3.05) is 14.2 Å². The van der Waals surface area contributed by atoms with E-state index in [1.807, 2.05) is 0 Å². The molecule has 0 aromatic carbocycles. The molecule has 90 valence electrons. The number of halogens is 2. The number of pyridine rings is 1. The van der Waals surface area contributed by atoms with Crippen molar-refractivity contribution in [2.45, 2.75) is 6.43 Å². The van der Waals surface area contributed by atoms with Crippen molar-refractivity contribution in [1.82, 2.24) is 4.98 Å². The van der Waals surface area contributed by atoms with E-state index < -0.39 is 23.8 Å². The van der Waals surface area contributed by atoms with Crippen molar-refractivity contribution in [1.29, 1.82) is 5.26 Å². The van der Waals surface area contributed by atoms with E-state index in [9.17, 15) is 13.6 Å². The molecule has 0 radical (unpaired) electrons. The van der Waals surface area contributed by atoms with Crippen LogP contribution < -0.4 is 4.74 Å². The number of aromatic nitrogens is 1. The van der Waals surface area contributed by atoms with Gasteiger partial charge in [0.05, 0.1) is 19.8 Å². The van der Waals surface area contributed by atoms with Crippen LogP contribution in [0.1, 0.15) is 28.2 Å². The number of carbonyl (C=O) groups excluding carboxylic acids is 1. The lowest BCUT2D eigenvalue weighted by Gasteiger charge is -2.09. The van der Waals surface area contributed by atoms with Crippen LogP contribution in [0.5, 0.6) is 5.75 Å². The molecular formula is C10H8F2N2O3. The van der Waals surface area contributed by atoms with Gasteiger partial charge in [0, 0.05) is 0 Å². The fourth-order valence-corrected chi connectivity index (χ4v) is 1.19. The van der Waals surface area contributed by atoms with Gasteiger partial charge < -0.3 is 9.47 Å². The van der Waals surface area contributed by atoms with Gasteiger partial charge in [-0.2, -0.15) is 5.26 Å². The van der Waals surface area contributed by atoms with Gasteiger partial charge in [-0.1, -0.05) is 0 Å². The second-order valence-corrected chi connectivity index (χ2v) is 2.88. The Morgan fingerprint density at radius 2 is 2.18 bits per heavy atom. The third-order valence-corrected chi connectivity index (χ3v) is 1.92. The molecule has 17 heavy (non-hydrogen) atoms. The summed E-state index contributed by atoms with van der Waals surface area (Å²) in [5.41, 5.74) is -1.31. The first kappa shape index (κ1) is 12.8. The molecule has 0 bridgehead atoms. The van der Waals surface area contributed by atoms with Crippen molar-refractivity contribution in [2.24, 2.45) is 0 Å². The number of hydrogen-bond acceptors (Lipinski definition) is 5. The molecule has 0 unspecified atom stereocenters. The normalized spacial score (nSPS) is 9.88. The van der Waals surface area contributed by atoms with E-state index >= 15 is 0 Å². The maximum absolute atomic E-state index is 12.5. The summed E-state index contributed by atoms with van der Waals surface area (Å²) in [4.78, 5) is 14.7. The molecule has 0 spiro atoms. The smallest absolute Gasteiger partial charge is 0.360 e. The quantitative estimate of drug-likeness (QED) is 0.754. The molecule has 0 aliphatic carbocycles. The lowest BCUT2D eigenvalue weighted by atomic mass is 10.1. The number of nitriles is 1. The summed E-state index contributed by atoms with van der Waals surface area (Å²) in [5, 5.41) is 8.78. The van der Waals surface area contributed by atoms with E-state index in [1.54, 1.807) is 6.07 Å². The summed E-state index contributed by atoms with van der Waals surface area (Å²) in [6.07, 6.45) is -2.89. The molecule has 0 saturated carbocycles. The summed E-state index contributed by atoms with van der Waals surface area (Å²) in [6.45, 7) is 0. The maximum Gasteiger partial charge on any atom is 0.360 e. The average Bonchev–Trinajstić information content (AvgIpc) is 2.35. The van der Waals surface area contributed by atoms with Crippen LogP contribution in [0.4, 0.5) is 8.78 Å². The Labute approximate surface area is 95.6 Å². The largest absolute Gasteiger partial charge is 0.493 e. The third-order valence-electron chi connectivity index (χ3n) is 1.92. The number of nitrogens with zero attached hydrogens (tertiary/aromatic N) is 2. The number of ether oxygens (including phenoxy) is 2. The van der Waals surface area contributed by atoms with Gasteiger partial charge in [-0.05, 0) is 6.07 Å². The molecule has 0 N–H and O–H groups in total. The first-order chi connectivity index (χ1) is 8.04. The van der Waals surface area contributed by atoms with Gasteiger partial charge in [-0.15, -0.1) is 0 Å². The monoisotopic (exact) mass is 242 g/mol. The summed E-state index contributed by atoms with van der Waals surface area (Å²) < 4.78 is 34.2. The molecular weight excluding hydrogens is 234 g/mol. The van der Waals surface area contributed by atoms with E-state index in [-0.39, 0.29) is 11.3 Å². The highest BCUT2D eigenvalue weighted by molar-refractivity contribution is 5.91. The van der Waals surface area contributed by atoms with Crippen LogP contribution in [0.3, 0.4) is 0 Å². The van der Waals surface area contributed by atoms with Crippen LogP contribution in [0.25, 0.3) is 0 Å². The molecule has 0 atom stereocenters. The minimum absolute atomic E-state index is 0.177. The van der Waals surface area contributed by atoms with Crippen molar-refractivity contribution in [3.8, 4) is 11.8 Å². The van der Waals surface area contributed by atoms with Gasteiger partial charge in [0.1, 0.15) is 11.8 Å². The number of alkyl halides is 2. The Hall–Kier alpha value is -2.23. The molecule has 0 aliphatic heterocycles. The first-order valence-electron chi connectivity index (χ1n) is 4.40. The third kappa shape index (κ3) is 2.47. The molecule has 0 aliphatic rings. The zero-order valence-electron chi connectivity index (χ0n) is 9.03. The molecule has 7 heteroatoms. The van der Waals surface area contributed by atoms with Gasteiger partial charge in [0.2, 0.25) is 0 Å². The fourth-order valence-electron chi connectivity index (χ4n) is 1.19. The molecule has 0 saturated heterocycles. The highest BCUT2D eigenvalue weighted by atomic mass is 19.3. The highest BCUT2D eigenvalue weighted by Gasteiger charge is 2.23. The zero-order valence-corrected chi connectivity index (χ0v) is 9.03. The van der Waals surface area contributed by atoms with Gasteiger partial charge in [0.25, 0.3) is 6.43 Å². The number of methoxy groups -OCH3 is 2. The van der Waals surface area contributed by atoms with Crippen LogP contribution in [0.15, 0.2) is 6.07 Å². The van der Waals surface area contributed by atoms with E-state index in [2.05, 4.69) is 9.72 Å². The predicted molar refractivity (Wildman–Crippen MR) is 51.8 cm³/mol. The average molecular weight is 242 g/mol. The molecule has 1 aromatic rings. The standard InChI is InChI=1S/C10H8F2N2O3/c1-16-8-5(4-13)3-6(9(11)12)14-7(8)10(15)17-2/h3,9H,1-2H3. The summed E-state index contributed by atoms with van der Waals surface area (Å²) in [6, 6.07) is 2.53. The summed E-state index contributed by atoms with van der Waals surface area (Å²) in [5.74, 6) is -1.12. The second-order valence-electron chi connectivity index (χ2n) is 2.88. The number of esters is 1. The fraction of sp³-hybridized carbons (Fsp3) is 0.300. The van der Waals surface area contributed by atoms with Crippen molar-refractivity contribution in [3.05, 3.63) is 23.0 Å². The van der Waals surface area contributed by atoms with Crippen molar-refractivity contribution in [3.63, 3.8) is 0 Å².